The van der Waals surface area contributed by atoms with Gasteiger partial charge in [0.25, 0.3) is 0 Å². The smallest absolute Gasteiger partial charge is 0.164 e. The van der Waals surface area contributed by atoms with E-state index in [1.54, 1.807) is 0 Å². The third-order valence-corrected chi connectivity index (χ3v) is 12.7. The van der Waals surface area contributed by atoms with E-state index in [0.29, 0.717) is 17.5 Å². The summed E-state index contributed by atoms with van der Waals surface area (Å²) in [6.45, 7) is 0. The van der Waals surface area contributed by atoms with Crippen molar-refractivity contribution < 1.29 is 4.42 Å². The number of hydrogen-bond acceptors (Lipinski definition) is 5. The molecule has 1 aliphatic heterocycles. The Kier molecular flexibility index (Phi) is 6.56. The van der Waals surface area contributed by atoms with Gasteiger partial charge in [-0.25, -0.2) is 15.0 Å². The van der Waals surface area contributed by atoms with Crippen LogP contribution in [0.5, 0.6) is 0 Å². The number of furan rings is 1. The molecule has 0 unspecified atom stereocenters. The summed E-state index contributed by atoms with van der Waals surface area (Å²) in [6, 6.07) is 61.8. The molecule has 4 aromatic heterocycles. The minimum absolute atomic E-state index is 0.587. The molecule has 7 heteroatoms. The minimum Gasteiger partial charge on any atom is -0.456 e. The van der Waals surface area contributed by atoms with Gasteiger partial charge < -0.3 is 4.42 Å². The lowest BCUT2D eigenvalue weighted by Crippen LogP contribution is -2.05. The Morgan fingerprint density at radius 3 is 2.02 bits per heavy atom. The summed E-state index contributed by atoms with van der Waals surface area (Å²) in [5, 5.41) is 8.13. The van der Waals surface area contributed by atoms with Gasteiger partial charge in [0, 0.05) is 59.1 Å². The number of nitrogens with zero attached hydrogens (tertiary/aromatic N) is 5. The van der Waals surface area contributed by atoms with E-state index >= 15 is 0 Å². The molecular weight excluding hydrogens is 731 g/mol. The van der Waals surface area contributed by atoms with Crippen molar-refractivity contribution in [3.05, 3.63) is 176 Å². The molecule has 1 aliphatic rings. The highest BCUT2D eigenvalue weighted by molar-refractivity contribution is 7.99. The first-order chi connectivity index (χ1) is 28.7. The molecule has 12 aromatic rings. The van der Waals surface area contributed by atoms with Crippen LogP contribution in [0.2, 0.25) is 0 Å². The van der Waals surface area contributed by atoms with Crippen LogP contribution in [-0.4, -0.2) is 24.1 Å². The van der Waals surface area contributed by atoms with Crippen molar-refractivity contribution in [2.24, 2.45) is 0 Å². The molecule has 0 radical (unpaired) electrons. The molecule has 5 heterocycles. The second kappa shape index (κ2) is 12.0. The van der Waals surface area contributed by atoms with Crippen molar-refractivity contribution in [1.29, 1.82) is 0 Å². The van der Waals surface area contributed by atoms with E-state index in [0.717, 1.165) is 66.3 Å². The van der Waals surface area contributed by atoms with E-state index in [-0.39, 0.29) is 0 Å². The normalized spacial score (nSPS) is 12.4. The fourth-order valence-corrected chi connectivity index (χ4v) is 10.1. The van der Waals surface area contributed by atoms with Crippen LogP contribution in [0.15, 0.2) is 190 Å². The largest absolute Gasteiger partial charge is 0.456 e. The average Bonchev–Trinajstić information content (AvgIpc) is 3.94. The van der Waals surface area contributed by atoms with Crippen LogP contribution < -0.4 is 0 Å². The maximum Gasteiger partial charge on any atom is 0.164 e. The highest BCUT2D eigenvalue weighted by atomic mass is 32.2. The van der Waals surface area contributed by atoms with Gasteiger partial charge in [0.15, 0.2) is 17.5 Å². The maximum absolute atomic E-state index is 6.30. The third-order valence-electron chi connectivity index (χ3n) is 11.6. The van der Waals surface area contributed by atoms with Crippen molar-refractivity contribution in [1.82, 2.24) is 24.1 Å². The molecule has 6 nitrogen and oxygen atoms in total. The zero-order valence-corrected chi connectivity index (χ0v) is 31.6. The van der Waals surface area contributed by atoms with Gasteiger partial charge in [0.05, 0.1) is 16.7 Å². The number of aromatic nitrogens is 5. The predicted octanol–water partition coefficient (Wildman–Crippen LogP) is 13.4. The van der Waals surface area contributed by atoms with Crippen LogP contribution in [0.3, 0.4) is 0 Å². The third kappa shape index (κ3) is 4.53. The standard InChI is InChI=1S/C51H29N5OS/c1-2-13-34-30(11-1)12-9-16-37(34)50-53-48(52-49(54-50)32-25-28-36-35-14-4-7-20-42(35)57-43(36)29-32)31-23-26-33(27-24-31)55-40-18-5-3-15-38(40)46-39-17-10-22-45-47(39)56(51(46)55)41-19-6-8-21-44(41)58-45/h1-29H. The summed E-state index contributed by atoms with van der Waals surface area (Å²) in [4.78, 5) is 18.0. The van der Waals surface area contributed by atoms with E-state index in [9.17, 15) is 0 Å². The first kappa shape index (κ1) is 31.7. The van der Waals surface area contributed by atoms with Gasteiger partial charge in [-0.05, 0) is 77.5 Å². The van der Waals surface area contributed by atoms with E-state index < -0.39 is 0 Å². The van der Waals surface area contributed by atoms with Crippen LogP contribution in [0.25, 0.3) is 111 Å². The summed E-state index contributed by atoms with van der Waals surface area (Å²) in [7, 11) is 0. The second-order valence-electron chi connectivity index (χ2n) is 14.8. The molecule has 0 amide bonds. The molecule has 8 aromatic carbocycles. The van der Waals surface area contributed by atoms with Gasteiger partial charge in [-0.15, -0.1) is 0 Å². The average molecular weight is 760 g/mol. The summed E-state index contributed by atoms with van der Waals surface area (Å²) in [5.41, 5.74) is 10.2. The Morgan fingerprint density at radius 1 is 0.448 bits per heavy atom. The molecule has 0 bridgehead atoms. The van der Waals surface area contributed by atoms with Crippen LogP contribution in [-0.2, 0) is 0 Å². The number of hydrogen-bond donors (Lipinski definition) is 0. The monoisotopic (exact) mass is 759 g/mol. The molecule has 58 heavy (non-hydrogen) atoms. The lowest BCUT2D eigenvalue weighted by molar-refractivity contribution is 0.669. The van der Waals surface area contributed by atoms with Gasteiger partial charge in [-0.3, -0.25) is 9.13 Å². The Balaban J connectivity index is 1.01. The number of para-hydroxylation sites is 4. The zero-order chi connectivity index (χ0) is 37.9. The van der Waals surface area contributed by atoms with Crippen LogP contribution >= 0.6 is 11.8 Å². The molecule has 0 N–H and O–H groups in total. The van der Waals surface area contributed by atoms with E-state index in [4.69, 9.17) is 19.4 Å². The molecule has 0 saturated carbocycles. The Bertz CT molecular complexity index is 3660. The fourth-order valence-electron chi connectivity index (χ4n) is 8.99. The molecule has 270 valence electrons. The van der Waals surface area contributed by atoms with Gasteiger partial charge in [-0.1, -0.05) is 121 Å². The Labute approximate surface area is 335 Å². The SMILES string of the molecule is c1ccc2c(c1)Sc1cccc3c4c5ccccc5n(-c5ccc(-c6nc(-c7ccc8c(c7)oc7ccccc78)nc(-c7cccc8ccccc78)n6)cc5)c4n-2c13. The number of benzene rings is 8. The van der Waals surface area contributed by atoms with Crippen molar-refractivity contribution in [2.75, 3.05) is 0 Å². The summed E-state index contributed by atoms with van der Waals surface area (Å²) >= 11 is 1.85. The highest BCUT2D eigenvalue weighted by Gasteiger charge is 2.27. The first-order valence-electron chi connectivity index (χ1n) is 19.4. The highest BCUT2D eigenvalue weighted by Crippen LogP contribution is 2.49. The summed E-state index contributed by atoms with van der Waals surface area (Å²) < 4.78 is 11.2. The van der Waals surface area contributed by atoms with E-state index in [1.165, 1.54) is 37.2 Å². The Hall–Kier alpha value is -7.48. The molecule has 0 aliphatic carbocycles. The zero-order valence-electron chi connectivity index (χ0n) is 30.8. The molecule has 13 rings (SSSR count). The van der Waals surface area contributed by atoms with Gasteiger partial charge in [0.1, 0.15) is 16.8 Å². The lowest BCUT2D eigenvalue weighted by atomic mass is 10.0. The maximum atomic E-state index is 6.30. The lowest BCUT2D eigenvalue weighted by Gasteiger charge is -2.21. The van der Waals surface area contributed by atoms with E-state index in [2.05, 4.69) is 161 Å². The molecule has 0 spiro atoms. The molecular formula is C51H29N5OS. The molecule has 0 atom stereocenters. The van der Waals surface area contributed by atoms with Gasteiger partial charge >= 0.3 is 0 Å². The van der Waals surface area contributed by atoms with Crippen molar-refractivity contribution in [3.8, 4) is 45.5 Å². The second-order valence-corrected chi connectivity index (χ2v) is 15.9. The summed E-state index contributed by atoms with van der Waals surface area (Å²) in [5.74, 6) is 1.81. The van der Waals surface area contributed by atoms with Crippen molar-refractivity contribution in [2.45, 2.75) is 9.79 Å². The number of fused-ring (bicyclic) bond motifs is 11. The van der Waals surface area contributed by atoms with Crippen LogP contribution in [0.1, 0.15) is 0 Å². The number of rotatable bonds is 4. The van der Waals surface area contributed by atoms with Crippen molar-refractivity contribution >= 4 is 77.3 Å². The van der Waals surface area contributed by atoms with E-state index in [1.807, 2.05) is 36.0 Å². The quantitative estimate of drug-likeness (QED) is 0.179. The predicted molar refractivity (Wildman–Crippen MR) is 236 cm³/mol. The topological polar surface area (TPSA) is 61.7 Å². The van der Waals surface area contributed by atoms with Gasteiger partial charge in [0.2, 0.25) is 0 Å². The summed E-state index contributed by atoms with van der Waals surface area (Å²) in [6.07, 6.45) is 0. The molecule has 0 fully saturated rings. The van der Waals surface area contributed by atoms with Crippen LogP contribution in [0, 0.1) is 0 Å². The first-order valence-corrected chi connectivity index (χ1v) is 20.2. The van der Waals surface area contributed by atoms with Crippen LogP contribution in [0.4, 0.5) is 0 Å². The minimum atomic E-state index is 0.587. The molecule has 0 saturated heterocycles. The fraction of sp³-hybridized carbons (Fsp3) is 0. The Morgan fingerprint density at radius 2 is 1.10 bits per heavy atom. The van der Waals surface area contributed by atoms with Gasteiger partial charge in [-0.2, -0.15) is 0 Å². The van der Waals surface area contributed by atoms with Crippen molar-refractivity contribution in [3.63, 3.8) is 0 Å².